The van der Waals surface area contributed by atoms with Gasteiger partial charge in [-0.25, -0.2) is 0 Å². The second-order valence-electron chi connectivity index (χ2n) is 4.66. The number of rotatable bonds is 4. The van der Waals surface area contributed by atoms with E-state index in [1.165, 1.54) is 0 Å². The van der Waals surface area contributed by atoms with E-state index in [0.29, 0.717) is 18.1 Å². The highest BCUT2D eigenvalue weighted by atomic mass is 32.2. The van der Waals surface area contributed by atoms with Crippen LogP contribution in [0, 0.1) is 5.92 Å². The summed E-state index contributed by atoms with van der Waals surface area (Å²) in [6.45, 7) is 6.95. The molecule has 1 fully saturated rings. The largest absolute Gasteiger partial charge is 0.355 e. The molecule has 0 aromatic rings. The minimum absolute atomic E-state index is 0.0416. The molecule has 4 nitrogen and oxygen atoms in total. The quantitative estimate of drug-likeness (QED) is 0.698. The number of hydrogen-bond donors (Lipinski definition) is 1. The Morgan fingerprint density at radius 2 is 2.00 bits per heavy atom. The monoisotopic (exact) mass is 246 g/mol. The van der Waals surface area contributed by atoms with Crippen molar-refractivity contribution in [3.63, 3.8) is 0 Å². The molecular formula is C11H22N2O2S. The summed E-state index contributed by atoms with van der Waals surface area (Å²) in [5.74, 6) is 5.24. The zero-order chi connectivity index (χ0) is 12.2. The van der Waals surface area contributed by atoms with Gasteiger partial charge < -0.3 is 5.32 Å². The van der Waals surface area contributed by atoms with Crippen molar-refractivity contribution in [3.8, 4) is 0 Å². The average Bonchev–Trinajstić information content (AvgIpc) is 2.20. The molecule has 1 heterocycles. The highest BCUT2D eigenvalue weighted by Gasteiger charge is 2.17. The van der Waals surface area contributed by atoms with Crippen LogP contribution in [0.25, 0.3) is 0 Å². The first-order chi connectivity index (χ1) is 7.41. The summed E-state index contributed by atoms with van der Waals surface area (Å²) in [5.41, 5.74) is 0. The number of amides is 1. The van der Waals surface area contributed by atoms with Gasteiger partial charge in [0.25, 0.3) is 0 Å². The van der Waals surface area contributed by atoms with Gasteiger partial charge in [-0.05, 0) is 15.4 Å². The third-order valence-corrected chi connectivity index (χ3v) is 4.66. The van der Waals surface area contributed by atoms with E-state index in [9.17, 15) is 9.00 Å². The Morgan fingerprint density at radius 1 is 1.44 bits per heavy atom. The lowest BCUT2D eigenvalue weighted by Crippen LogP contribution is -2.44. The van der Waals surface area contributed by atoms with Crippen molar-refractivity contribution >= 4 is 21.3 Å². The van der Waals surface area contributed by atoms with Crippen molar-refractivity contribution in [2.45, 2.75) is 13.8 Å². The fourth-order valence-electron chi connectivity index (χ4n) is 1.57. The molecule has 1 aliphatic heterocycles. The minimum Gasteiger partial charge on any atom is -0.355 e. The van der Waals surface area contributed by atoms with Gasteiger partial charge in [-0.1, -0.05) is 13.8 Å². The molecule has 1 aliphatic rings. The van der Waals surface area contributed by atoms with Crippen LogP contribution in [-0.2, 0) is 14.3 Å². The summed E-state index contributed by atoms with van der Waals surface area (Å²) in [5, 5.41) is 2.88. The molecule has 1 saturated heterocycles. The first kappa shape index (κ1) is 13.5. The molecule has 0 aliphatic carbocycles. The molecule has 0 saturated carbocycles. The Labute approximate surface area is 98.4 Å². The smallest absolute Gasteiger partial charge is 0.222 e. The van der Waals surface area contributed by atoms with Crippen molar-refractivity contribution in [2.24, 2.45) is 5.92 Å². The van der Waals surface area contributed by atoms with Crippen LogP contribution in [0.1, 0.15) is 13.8 Å². The van der Waals surface area contributed by atoms with Gasteiger partial charge in [-0.3, -0.25) is 13.9 Å². The fraction of sp³-hybridized carbons (Fsp3) is 0.818. The highest BCUT2D eigenvalue weighted by molar-refractivity contribution is 8.00. The fourth-order valence-corrected chi connectivity index (χ4v) is 2.96. The van der Waals surface area contributed by atoms with E-state index < -0.39 is 9.52 Å². The van der Waals surface area contributed by atoms with Crippen molar-refractivity contribution in [1.82, 2.24) is 10.2 Å². The molecule has 0 radical (unpaired) electrons. The number of carbonyl (C=O) groups excluding carboxylic acids is 1. The number of carbonyl (C=O) groups is 1. The molecule has 1 amide bonds. The van der Waals surface area contributed by atoms with Crippen LogP contribution in [0.2, 0.25) is 0 Å². The zero-order valence-electron chi connectivity index (χ0n) is 10.2. The molecule has 1 N–H and O–H groups in total. The van der Waals surface area contributed by atoms with E-state index in [1.807, 2.05) is 13.8 Å². The molecule has 0 aromatic carbocycles. The topological polar surface area (TPSA) is 49.4 Å². The van der Waals surface area contributed by atoms with Gasteiger partial charge in [-0.15, -0.1) is 0 Å². The van der Waals surface area contributed by atoms with E-state index in [-0.39, 0.29) is 11.8 Å². The molecule has 0 unspecified atom stereocenters. The average molecular weight is 246 g/mol. The molecule has 0 spiro atoms. The van der Waals surface area contributed by atoms with Gasteiger partial charge >= 0.3 is 0 Å². The number of nitrogens with one attached hydrogen (secondary N) is 1. The van der Waals surface area contributed by atoms with Crippen molar-refractivity contribution in [2.75, 3.05) is 37.7 Å². The van der Waals surface area contributed by atoms with Crippen LogP contribution in [0.3, 0.4) is 0 Å². The van der Waals surface area contributed by atoms with Crippen LogP contribution >= 0.6 is 0 Å². The van der Waals surface area contributed by atoms with Crippen LogP contribution in [-0.4, -0.2) is 58.6 Å². The predicted molar refractivity (Wildman–Crippen MR) is 69.3 cm³/mol. The van der Waals surface area contributed by atoms with Gasteiger partial charge in [0.15, 0.2) is 0 Å². The summed E-state index contributed by atoms with van der Waals surface area (Å²) >= 11 is 0. The molecule has 0 aromatic heterocycles. The number of hydrogen-bond acceptors (Lipinski definition) is 3. The Kier molecular flexibility index (Phi) is 4.80. The first-order valence-electron chi connectivity index (χ1n) is 5.73. The molecule has 1 rings (SSSR count). The summed E-state index contributed by atoms with van der Waals surface area (Å²) in [6.07, 6.45) is 0. The van der Waals surface area contributed by atoms with Gasteiger partial charge in [-0.2, -0.15) is 0 Å². The molecule has 94 valence electrons. The Balaban J connectivity index is 2.18. The minimum atomic E-state index is -1.80. The maximum Gasteiger partial charge on any atom is 0.222 e. The Bertz CT molecular complexity index is 322. The van der Waals surface area contributed by atoms with E-state index in [2.05, 4.69) is 16.1 Å². The molecular weight excluding hydrogens is 224 g/mol. The van der Waals surface area contributed by atoms with Crippen molar-refractivity contribution in [3.05, 3.63) is 0 Å². The number of nitrogens with zero attached hydrogens (tertiary/aromatic N) is 1. The van der Waals surface area contributed by atoms with E-state index >= 15 is 0 Å². The molecule has 0 atom stereocenters. The summed E-state index contributed by atoms with van der Waals surface area (Å²) in [6, 6.07) is 0. The summed E-state index contributed by atoms with van der Waals surface area (Å²) in [7, 11) is -1.80. The normalized spacial score (nSPS) is 20.9. The highest BCUT2D eigenvalue weighted by Crippen LogP contribution is 2.02. The lowest BCUT2D eigenvalue weighted by Gasteiger charge is -2.28. The van der Waals surface area contributed by atoms with Crippen molar-refractivity contribution in [1.29, 1.82) is 0 Å². The van der Waals surface area contributed by atoms with Crippen molar-refractivity contribution < 1.29 is 9.00 Å². The second-order valence-corrected chi connectivity index (χ2v) is 7.41. The predicted octanol–water partition coefficient (Wildman–Crippen LogP) is -0.209. The molecule has 16 heavy (non-hydrogen) atoms. The van der Waals surface area contributed by atoms with Crippen LogP contribution in [0.15, 0.2) is 0 Å². The van der Waals surface area contributed by atoms with Crippen LogP contribution in [0.5, 0.6) is 0 Å². The standard InChI is InChI=1S/C11H22N2O2S/c1-10(2)11(14)12-4-5-13-6-8-16(3,15)9-7-13/h10H,3-9H2,1-2H3,(H,12,14). The van der Waals surface area contributed by atoms with E-state index in [0.717, 1.165) is 19.6 Å². The molecule has 5 heteroatoms. The lowest BCUT2D eigenvalue weighted by molar-refractivity contribution is -0.124. The maximum absolute atomic E-state index is 11.6. The van der Waals surface area contributed by atoms with Gasteiger partial charge in [0, 0.05) is 43.6 Å². The van der Waals surface area contributed by atoms with E-state index in [1.54, 1.807) is 0 Å². The Morgan fingerprint density at radius 3 is 2.50 bits per heavy atom. The second kappa shape index (κ2) is 5.68. The van der Waals surface area contributed by atoms with Gasteiger partial charge in [0.05, 0.1) is 0 Å². The van der Waals surface area contributed by atoms with Gasteiger partial charge in [0.2, 0.25) is 5.91 Å². The van der Waals surface area contributed by atoms with Gasteiger partial charge in [0.1, 0.15) is 0 Å². The third-order valence-electron chi connectivity index (χ3n) is 2.81. The van der Waals surface area contributed by atoms with Crippen LogP contribution in [0.4, 0.5) is 0 Å². The maximum atomic E-state index is 11.6. The third kappa shape index (κ3) is 4.53. The summed E-state index contributed by atoms with van der Waals surface area (Å²) in [4.78, 5) is 13.5. The SMILES string of the molecule is C=S1(=O)CCN(CCNC(=O)C(C)C)CC1. The molecule has 0 bridgehead atoms. The summed E-state index contributed by atoms with van der Waals surface area (Å²) < 4.78 is 11.6. The Hall–Kier alpha value is -0.550. The van der Waals surface area contributed by atoms with Crippen LogP contribution < -0.4 is 5.32 Å². The lowest BCUT2D eigenvalue weighted by atomic mass is 10.2. The first-order valence-corrected chi connectivity index (χ1v) is 7.80. The van der Waals surface area contributed by atoms with E-state index in [4.69, 9.17) is 0 Å². The zero-order valence-corrected chi connectivity index (χ0v) is 11.0.